The molecule has 15 heteroatoms. The number of aromatic amines is 1. The molecule has 5 rings (SSSR count). The molecule has 2 heterocycles. The first kappa shape index (κ1) is 36.6. The first-order valence-electron chi connectivity index (χ1n) is 16.6. The Morgan fingerprint density at radius 3 is 2.24 bits per heavy atom. The Hall–Kier alpha value is -4.63. The largest absolute Gasteiger partial charge is 0.493 e. The number of fused-ring (bicyclic) bond motifs is 3. The van der Waals surface area contributed by atoms with E-state index in [1.165, 1.54) is 31.5 Å². The van der Waals surface area contributed by atoms with Gasteiger partial charge in [0.05, 0.1) is 44.4 Å². The summed E-state index contributed by atoms with van der Waals surface area (Å²) in [7, 11) is 0.820. The van der Waals surface area contributed by atoms with E-state index in [4.69, 9.17) is 14.2 Å². The first-order valence-corrected chi connectivity index (χ1v) is 18.0. The maximum Gasteiger partial charge on any atom is 0.246 e. The van der Waals surface area contributed by atoms with Gasteiger partial charge in [-0.2, -0.15) is 9.40 Å². The molecule has 3 aromatic rings. The van der Waals surface area contributed by atoms with Gasteiger partial charge in [0, 0.05) is 38.7 Å². The van der Waals surface area contributed by atoms with E-state index in [0.29, 0.717) is 52.6 Å². The van der Waals surface area contributed by atoms with E-state index in [0.717, 1.165) is 11.1 Å². The van der Waals surface area contributed by atoms with Crippen LogP contribution in [0, 0.1) is 19.8 Å². The number of anilines is 1. The van der Waals surface area contributed by atoms with Crippen LogP contribution in [0.1, 0.15) is 55.7 Å². The Morgan fingerprint density at radius 2 is 1.68 bits per heavy atom. The molecule has 1 saturated heterocycles. The molecule has 0 bridgehead atoms. The van der Waals surface area contributed by atoms with Gasteiger partial charge in [0.25, 0.3) is 0 Å². The highest BCUT2D eigenvalue weighted by Gasteiger charge is 2.36. The molecule has 14 nitrogen and oxygen atoms in total. The molecule has 3 N–H and O–H groups in total. The van der Waals surface area contributed by atoms with Crippen LogP contribution in [-0.2, 0) is 26.0 Å². The van der Waals surface area contributed by atoms with Crippen molar-refractivity contribution in [3.05, 3.63) is 57.0 Å². The number of hydrogen-bond donors (Lipinski definition) is 3. The Kier molecular flexibility index (Phi) is 10.8. The van der Waals surface area contributed by atoms with Gasteiger partial charge in [0.1, 0.15) is 10.9 Å². The van der Waals surface area contributed by atoms with Crippen LogP contribution in [0.5, 0.6) is 17.2 Å². The molecule has 1 aromatic heterocycles. The van der Waals surface area contributed by atoms with Gasteiger partial charge in [-0.15, -0.1) is 0 Å². The lowest BCUT2D eigenvalue weighted by molar-refractivity contribution is -0.134. The van der Waals surface area contributed by atoms with Crippen molar-refractivity contribution >= 4 is 27.5 Å². The third-order valence-corrected chi connectivity index (χ3v) is 11.5. The minimum atomic E-state index is -3.79. The summed E-state index contributed by atoms with van der Waals surface area (Å²) < 4.78 is 45.3. The second kappa shape index (κ2) is 14.7. The van der Waals surface area contributed by atoms with Gasteiger partial charge in [-0.05, 0) is 67.5 Å². The van der Waals surface area contributed by atoms with Crippen molar-refractivity contribution in [3.63, 3.8) is 0 Å². The summed E-state index contributed by atoms with van der Waals surface area (Å²) in [4.78, 5) is 42.0. The van der Waals surface area contributed by atoms with Gasteiger partial charge in [-0.3, -0.25) is 19.5 Å². The number of aryl methyl sites for hydroxylation is 3. The van der Waals surface area contributed by atoms with Crippen LogP contribution in [0.25, 0.3) is 11.1 Å². The van der Waals surface area contributed by atoms with E-state index in [9.17, 15) is 22.8 Å². The van der Waals surface area contributed by atoms with Crippen LogP contribution in [0.15, 0.2) is 34.0 Å². The molecule has 270 valence electrons. The van der Waals surface area contributed by atoms with Gasteiger partial charge in [0.15, 0.2) is 11.5 Å². The molecule has 0 radical (unpaired) electrons. The van der Waals surface area contributed by atoms with Crippen molar-refractivity contribution in [2.24, 2.45) is 5.92 Å². The lowest BCUT2D eigenvalue weighted by Crippen LogP contribution is -2.55. The smallest absolute Gasteiger partial charge is 0.246 e. The predicted molar refractivity (Wildman–Crippen MR) is 188 cm³/mol. The third-order valence-electron chi connectivity index (χ3n) is 9.37. The van der Waals surface area contributed by atoms with E-state index < -0.39 is 22.1 Å². The van der Waals surface area contributed by atoms with Crippen LogP contribution < -0.4 is 30.3 Å². The highest BCUT2D eigenvalue weighted by molar-refractivity contribution is 7.89. The van der Waals surface area contributed by atoms with Crippen LogP contribution in [0.4, 0.5) is 5.69 Å². The molecule has 0 saturated carbocycles. The number of aromatic nitrogens is 2. The average molecular weight is 711 g/mol. The maximum absolute atomic E-state index is 14.0. The van der Waals surface area contributed by atoms with Crippen LogP contribution in [-0.4, -0.2) is 93.2 Å². The first-order chi connectivity index (χ1) is 23.7. The van der Waals surface area contributed by atoms with Gasteiger partial charge in [-0.25, -0.2) is 8.42 Å². The molecule has 2 atom stereocenters. The van der Waals surface area contributed by atoms with Gasteiger partial charge in [-0.1, -0.05) is 19.9 Å². The summed E-state index contributed by atoms with van der Waals surface area (Å²) >= 11 is 0. The number of ether oxygens (including phenoxy) is 3. The van der Waals surface area contributed by atoms with Crippen LogP contribution >= 0.6 is 0 Å². The van der Waals surface area contributed by atoms with Gasteiger partial charge in [0.2, 0.25) is 33.0 Å². The normalized spacial score (nSPS) is 16.9. The summed E-state index contributed by atoms with van der Waals surface area (Å²) in [6.07, 6.45) is 1.08. The lowest BCUT2D eigenvalue weighted by atomic mass is 9.95. The van der Waals surface area contributed by atoms with E-state index in [1.807, 2.05) is 19.9 Å². The van der Waals surface area contributed by atoms with E-state index in [-0.39, 0.29) is 59.9 Å². The molecular formula is C35H46N6O8S. The molecule has 0 unspecified atom stereocenters. The number of rotatable bonds is 10. The number of carbonyl (C=O) groups excluding carboxylic acids is 2. The van der Waals surface area contributed by atoms with Gasteiger partial charge >= 0.3 is 0 Å². The van der Waals surface area contributed by atoms with Crippen LogP contribution in [0.3, 0.4) is 0 Å². The summed E-state index contributed by atoms with van der Waals surface area (Å²) in [5, 5.41) is 13.0. The second-order valence-electron chi connectivity index (χ2n) is 13.0. The van der Waals surface area contributed by atoms with Crippen molar-refractivity contribution in [1.29, 1.82) is 0 Å². The number of hydrogen-bond acceptors (Lipinski definition) is 10. The van der Waals surface area contributed by atoms with Crippen molar-refractivity contribution in [1.82, 2.24) is 24.7 Å². The summed E-state index contributed by atoms with van der Waals surface area (Å²) in [5.41, 5.74) is 3.62. The molecule has 2 aromatic carbocycles. The standard InChI is InChI=1S/C35H46N6O8S/c1-19(2)31(35(44)40-13-15-41(16-14-40)50(45,46)34-20(3)38-39-21(34)4)37-27-12-10-24-25(18-28(27)43)26(36-22(5)42)11-9-23-17-29(47-6)32(48-7)33(49-8)30(23)24/h10,12,17-19,26,31H,9,11,13-16H2,1-8H3,(H,36,42)(H,37,43)(H,38,39)/t26-,31-/m0/s1. The van der Waals surface area contributed by atoms with Crippen LogP contribution in [0.2, 0.25) is 0 Å². The van der Waals surface area contributed by atoms with E-state index >= 15 is 0 Å². The Bertz CT molecular complexity index is 1930. The van der Waals surface area contributed by atoms with E-state index in [2.05, 4.69) is 20.8 Å². The monoisotopic (exact) mass is 710 g/mol. The number of methoxy groups -OCH3 is 3. The SMILES string of the molecule is COc1cc2c(c(OC)c1OC)-c1ccc(N[C@H](C(=O)N3CCN(S(=O)(=O)c4c(C)n[nH]c4C)CC3)C(C)C)c(=O)cc1[C@@H](NC(C)=O)CC2. The maximum atomic E-state index is 14.0. The number of amides is 2. The number of H-pyrrole nitrogens is 1. The topological polar surface area (TPSA) is 172 Å². The Balaban J connectivity index is 1.48. The third kappa shape index (κ3) is 6.88. The minimum Gasteiger partial charge on any atom is -0.493 e. The summed E-state index contributed by atoms with van der Waals surface area (Å²) in [5.74, 6) is 0.651. The molecule has 2 amide bonds. The average Bonchev–Trinajstić information content (AvgIpc) is 3.26. The molecule has 1 fully saturated rings. The minimum absolute atomic E-state index is 0.128. The zero-order valence-corrected chi connectivity index (χ0v) is 30.6. The second-order valence-corrected chi connectivity index (χ2v) is 14.8. The highest BCUT2D eigenvalue weighted by atomic mass is 32.2. The Labute approximate surface area is 292 Å². The number of nitrogens with zero attached hydrogens (tertiary/aromatic N) is 3. The van der Waals surface area contributed by atoms with Crippen molar-refractivity contribution in [2.75, 3.05) is 52.8 Å². The summed E-state index contributed by atoms with van der Waals surface area (Å²) in [6, 6.07) is 5.60. The number of carbonyl (C=O) groups is 2. The number of sulfonamides is 1. The molecule has 1 aliphatic heterocycles. The number of benzene rings is 1. The fourth-order valence-electron chi connectivity index (χ4n) is 6.90. The molecule has 0 spiro atoms. The van der Waals surface area contributed by atoms with Crippen molar-refractivity contribution < 1.29 is 32.2 Å². The van der Waals surface area contributed by atoms with Gasteiger partial charge < -0.3 is 29.7 Å². The molecule has 2 aliphatic rings. The Morgan fingerprint density at radius 1 is 1.00 bits per heavy atom. The fourth-order valence-corrected chi connectivity index (χ4v) is 8.66. The summed E-state index contributed by atoms with van der Waals surface area (Å²) in [6.45, 7) is 9.16. The number of nitrogens with one attached hydrogen (secondary N) is 3. The fraction of sp³-hybridized carbons (Fsp3) is 0.486. The van der Waals surface area contributed by atoms with Crippen molar-refractivity contribution in [3.8, 4) is 28.4 Å². The molecular weight excluding hydrogens is 664 g/mol. The molecule has 1 aliphatic carbocycles. The highest BCUT2D eigenvalue weighted by Crippen LogP contribution is 2.50. The quantitative estimate of drug-likeness (QED) is 0.284. The number of piperazine rings is 1. The zero-order chi connectivity index (χ0) is 36.5. The van der Waals surface area contributed by atoms with Crippen molar-refractivity contribution in [2.45, 2.75) is 64.4 Å². The zero-order valence-electron chi connectivity index (χ0n) is 29.8. The molecule has 50 heavy (non-hydrogen) atoms. The lowest BCUT2D eigenvalue weighted by Gasteiger charge is -2.36. The predicted octanol–water partition coefficient (Wildman–Crippen LogP) is 3.17. The van der Waals surface area contributed by atoms with E-state index in [1.54, 1.807) is 38.0 Å².